The third-order valence-corrected chi connectivity index (χ3v) is 3.24. The van der Waals surface area contributed by atoms with Gasteiger partial charge in [0.05, 0.1) is 5.69 Å². The van der Waals surface area contributed by atoms with Gasteiger partial charge in [-0.3, -0.25) is 4.99 Å². The van der Waals surface area contributed by atoms with Gasteiger partial charge in [-0.1, -0.05) is 26.0 Å². The topological polar surface area (TPSA) is 79.9 Å². The highest BCUT2D eigenvalue weighted by Crippen LogP contribution is 2.29. The number of halogens is 3. The molecule has 1 atom stereocenters. The SMILES string of the molecule is CC(C)CC(CCO)CN=C(N)Nc1ccccc1OC(F)(F)F. The van der Waals surface area contributed by atoms with Crippen LogP contribution in [0.25, 0.3) is 0 Å². The lowest BCUT2D eigenvalue weighted by molar-refractivity contribution is -0.274. The highest BCUT2D eigenvalue weighted by molar-refractivity contribution is 5.93. The largest absolute Gasteiger partial charge is 0.573 e. The second-order valence-electron chi connectivity index (χ2n) is 5.90. The van der Waals surface area contributed by atoms with Gasteiger partial charge in [0, 0.05) is 13.2 Å². The standard InChI is InChI=1S/C16H24F3N3O2/c1-11(2)9-12(7-8-23)10-21-15(20)22-13-5-3-4-6-14(13)24-16(17,18)19/h3-6,11-12,23H,7-10H2,1-2H3,(H3,20,21,22). The van der Waals surface area contributed by atoms with Gasteiger partial charge in [-0.25, -0.2) is 0 Å². The number of aliphatic hydroxyl groups is 1. The molecule has 0 saturated heterocycles. The van der Waals surface area contributed by atoms with E-state index in [9.17, 15) is 13.2 Å². The quantitative estimate of drug-likeness (QED) is 0.498. The molecule has 1 aromatic carbocycles. The lowest BCUT2D eigenvalue weighted by atomic mass is 9.94. The number of aliphatic imine (C=N–C) groups is 1. The lowest BCUT2D eigenvalue weighted by Gasteiger charge is -2.17. The van der Waals surface area contributed by atoms with Gasteiger partial charge in [-0.05, 0) is 36.8 Å². The molecule has 24 heavy (non-hydrogen) atoms. The summed E-state index contributed by atoms with van der Waals surface area (Å²) in [4.78, 5) is 4.16. The molecule has 1 aromatic rings. The van der Waals surface area contributed by atoms with Gasteiger partial charge in [0.1, 0.15) is 0 Å². The van der Waals surface area contributed by atoms with Crippen molar-refractivity contribution in [2.24, 2.45) is 22.6 Å². The molecule has 1 rings (SSSR count). The number of benzene rings is 1. The fraction of sp³-hybridized carbons (Fsp3) is 0.562. The predicted molar refractivity (Wildman–Crippen MR) is 87.9 cm³/mol. The van der Waals surface area contributed by atoms with E-state index in [1.807, 2.05) is 0 Å². The Hall–Kier alpha value is -1.96. The number of rotatable bonds is 8. The number of ether oxygens (including phenoxy) is 1. The zero-order valence-electron chi connectivity index (χ0n) is 13.8. The van der Waals surface area contributed by atoms with E-state index < -0.39 is 6.36 Å². The molecule has 0 fully saturated rings. The van der Waals surface area contributed by atoms with Crippen molar-refractivity contribution >= 4 is 11.6 Å². The van der Waals surface area contributed by atoms with Crippen LogP contribution >= 0.6 is 0 Å². The molecule has 0 aliphatic carbocycles. The van der Waals surface area contributed by atoms with Crippen LogP contribution in [0.15, 0.2) is 29.3 Å². The van der Waals surface area contributed by atoms with Gasteiger partial charge in [-0.15, -0.1) is 13.2 Å². The summed E-state index contributed by atoms with van der Waals surface area (Å²) in [5, 5.41) is 11.7. The Labute approximate surface area is 139 Å². The summed E-state index contributed by atoms with van der Waals surface area (Å²) in [7, 11) is 0. The van der Waals surface area contributed by atoms with E-state index in [-0.39, 0.29) is 29.9 Å². The number of para-hydroxylation sites is 2. The Bertz CT molecular complexity index is 534. The Morgan fingerprint density at radius 2 is 2.00 bits per heavy atom. The fourth-order valence-corrected chi connectivity index (χ4v) is 2.32. The first-order chi connectivity index (χ1) is 11.2. The van der Waals surface area contributed by atoms with Crippen molar-refractivity contribution in [3.63, 3.8) is 0 Å². The summed E-state index contributed by atoms with van der Waals surface area (Å²) >= 11 is 0. The molecular formula is C16H24F3N3O2. The summed E-state index contributed by atoms with van der Waals surface area (Å²) in [6.07, 6.45) is -3.30. The molecule has 0 spiro atoms. The van der Waals surface area contributed by atoms with Crippen LogP contribution in [0.1, 0.15) is 26.7 Å². The Morgan fingerprint density at radius 1 is 1.33 bits per heavy atom. The molecule has 0 heterocycles. The monoisotopic (exact) mass is 347 g/mol. The van der Waals surface area contributed by atoms with E-state index in [4.69, 9.17) is 10.8 Å². The molecule has 1 unspecified atom stereocenters. The number of hydrogen-bond donors (Lipinski definition) is 3. The highest BCUT2D eigenvalue weighted by atomic mass is 19.4. The van der Waals surface area contributed by atoms with Crippen LogP contribution in [-0.2, 0) is 0 Å². The molecule has 0 bridgehead atoms. The molecular weight excluding hydrogens is 323 g/mol. The number of nitrogens with zero attached hydrogens (tertiary/aromatic N) is 1. The Morgan fingerprint density at radius 3 is 2.58 bits per heavy atom. The van der Waals surface area contributed by atoms with Crippen LogP contribution in [0.3, 0.4) is 0 Å². The van der Waals surface area contributed by atoms with Crippen molar-refractivity contribution in [3.8, 4) is 5.75 Å². The lowest BCUT2D eigenvalue weighted by Crippen LogP contribution is -2.25. The minimum atomic E-state index is -4.78. The predicted octanol–water partition coefficient (Wildman–Crippen LogP) is 3.36. The van der Waals surface area contributed by atoms with E-state index in [1.54, 1.807) is 6.07 Å². The second-order valence-corrected chi connectivity index (χ2v) is 5.90. The smallest absolute Gasteiger partial charge is 0.404 e. The van der Waals surface area contributed by atoms with E-state index in [2.05, 4.69) is 28.9 Å². The normalized spacial score (nSPS) is 13.9. The summed E-state index contributed by atoms with van der Waals surface area (Å²) < 4.78 is 41.1. The van der Waals surface area contributed by atoms with Gasteiger partial charge >= 0.3 is 6.36 Å². The third-order valence-electron chi connectivity index (χ3n) is 3.24. The minimum Gasteiger partial charge on any atom is -0.404 e. The molecule has 0 amide bonds. The van der Waals surface area contributed by atoms with Crippen LogP contribution in [-0.4, -0.2) is 30.6 Å². The zero-order chi connectivity index (χ0) is 18.2. The van der Waals surface area contributed by atoms with E-state index in [1.165, 1.54) is 18.2 Å². The summed E-state index contributed by atoms with van der Waals surface area (Å²) in [5.41, 5.74) is 5.84. The number of hydrogen-bond acceptors (Lipinski definition) is 3. The maximum Gasteiger partial charge on any atom is 0.573 e. The maximum absolute atomic E-state index is 12.4. The van der Waals surface area contributed by atoms with Gasteiger partial charge in [0.15, 0.2) is 11.7 Å². The van der Waals surface area contributed by atoms with Crippen LogP contribution in [0.4, 0.5) is 18.9 Å². The summed E-state index contributed by atoms with van der Waals surface area (Å²) in [6, 6.07) is 5.60. The van der Waals surface area contributed by atoms with Gasteiger partial charge in [-0.2, -0.15) is 0 Å². The van der Waals surface area contributed by atoms with Gasteiger partial charge in [0.2, 0.25) is 0 Å². The molecule has 4 N–H and O–H groups in total. The van der Waals surface area contributed by atoms with E-state index >= 15 is 0 Å². The van der Waals surface area contributed by atoms with Gasteiger partial charge in [0.25, 0.3) is 0 Å². The molecule has 0 saturated carbocycles. The van der Waals surface area contributed by atoms with Crippen LogP contribution in [0, 0.1) is 11.8 Å². The third kappa shape index (κ3) is 8.05. The van der Waals surface area contributed by atoms with Crippen molar-refractivity contribution in [1.29, 1.82) is 0 Å². The van der Waals surface area contributed by atoms with Crippen molar-refractivity contribution < 1.29 is 23.0 Å². The van der Waals surface area contributed by atoms with Crippen molar-refractivity contribution in [3.05, 3.63) is 24.3 Å². The first-order valence-electron chi connectivity index (χ1n) is 7.73. The average Bonchev–Trinajstić information content (AvgIpc) is 2.45. The highest BCUT2D eigenvalue weighted by Gasteiger charge is 2.32. The van der Waals surface area contributed by atoms with Crippen molar-refractivity contribution in [1.82, 2.24) is 0 Å². The number of anilines is 1. The molecule has 8 heteroatoms. The number of aliphatic hydroxyl groups excluding tert-OH is 1. The van der Waals surface area contributed by atoms with Crippen molar-refractivity contribution in [2.75, 3.05) is 18.5 Å². The minimum absolute atomic E-state index is 0.0000737. The number of alkyl halides is 3. The van der Waals surface area contributed by atoms with Crippen LogP contribution in [0.5, 0.6) is 5.75 Å². The molecule has 136 valence electrons. The Kier molecular flexibility index (Phi) is 7.84. The molecule has 5 nitrogen and oxygen atoms in total. The number of guanidine groups is 1. The second kappa shape index (κ2) is 9.36. The van der Waals surface area contributed by atoms with Crippen LogP contribution in [0.2, 0.25) is 0 Å². The van der Waals surface area contributed by atoms with Crippen LogP contribution < -0.4 is 15.8 Å². The number of nitrogens with one attached hydrogen (secondary N) is 1. The molecule has 0 radical (unpaired) electrons. The molecule has 0 aliphatic heterocycles. The Balaban J connectivity index is 2.74. The first-order valence-corrected chi connectivity index (χ1v) is 7.73. The molecule has 0 aliphatic rings. The van der Waals surface area contributed by atoms with E-state index in [0.717, 1.165) is 6.42 Å². The van der Waals surface area contributed by atoms with E-state index in [0.29, 0.717) is 18.9 Å². The zero-order valence-corrected chi connectivity index (χ0v) is 13.8. The maximum atomic E-state index is 12.4. The number of nitrogens with two attached hydrogens (primary N) is 1. The average molecular weight is 347 g/mol. The van der Waals surface area contributed by atoms with Crippen molar-refractivity contribution in [2.45, 2.75) is 33.1 Å². The summed E-state index contributed by atoms with van der Waals surface area (Å²) in [6.45, 7) is 4.59. The first kappa shape index (κ1) is 20.1. The fourth-order valence-electron chi connectivity index (χ4n) is 2.32. The molecule has 0 aromatic heterocycles. The van der Waals surface area contributed by atoms with Gasteiger partial charge < -0.3 is 20.9 Å². The summed E-state index contributed by atoms with van der Waals surface area (Å²) in [5.74, 6) is 0.237.